The molecule has 0 unspecified atom stereocenters. The fourth-order valence-electron chi connectivity index (χ4n) is 12.0. The maximum Gasteiger partial charge on any atom is 0.254 e. The van der Waals surface area contributed by atoms with Crippen molar-refractivity contribution in [3.8, 4) is 0 Å². The molecule has 446 valence electrons. The number of hydrogen-bond acceptors (Lipinski definition) is 10. The Balaban J connectivity index is 1.05. The van der Waals surface area contributed by atoms with Crippen molar-refractivity contribution in [2.24, 2.45) is 10.8 Å². The smallest absolute Gasteiger partial charge is 0.254 e. The van der Waals surface area contributed by atoms with Crippen molar-refractivity contribution in [2.45, 2.75) is 168 Å². The van der Waals surface area contributed by atoms with Crippen LogP contribution in [-0.4, -0.2) is 191 Å². The van der Waals surface area contributed by atoms with Crippen LogP contribution in [-0.2, 0) is 41.6 Å². The number of carbonyl (C=O) groups excluding carboxylic acids is 8. The van der Waals surface area contributed by atoms with Gasteiger partial charge in [-0.05, 0) is 138 Å². The number of likely N-dealkylation sites (N-methyl/N-ethyl adjacent to an activating group) is 2. The van der Waals surface area contributed by atoms with Crippen LogP contribution in [0.5, 0.6) is 0 Å². The number of carbonyl (C=O) groups is 8. The highest BCUT2D eigenvalue weighted by atomic mass is 16.2. The molecule has 0 aliphatic carbocycles. The molecule has 18 heteroatoms. The van der Waals surface area contributed by atoms with E-state index in [9.17, 15) is 38.4 Å². The second-order valence-corrected chi connectivity index (χ2v) is 25.2. The molecule has 7 rings (SSSR count). The number of amides is 8. The van der Waals surface area contributed by atoms with E-state index in [0.717, 1.165) is 24.0 Å². The van der Waals surface area contributed by atoms with E-state index in [4.69, 9.17) is 0 Å². The van der Waals surface area contributed by atoms with Crippen LogP contribution in [0.3, 0.4) is 0 Å². The summed E-state index contributed by atoms with van der Waals surface area (Å²) in [5.74, 6) is -1.87. The van der Waals surface area contributed by atoms with Crippen LogP contribution >= 0.6 is 0 Å². The summed E-state index contributed by atoms with van der Waals surface area (Å²) in [6, 6.07) is 21.8. The van der Waals surface area contributed by atoms with Crippen LogP contribution in [0.4, 0.5) is 0 Å². The molecule has 0 radical (unpaired) electrons. The molecule has 4 aliphatic rings. The van der Waals surface area contributed by atoms with E-state index in [1.165, 1.54) is 0 Å². The summed E-state index contributed by atoms with van der Waals surface area (Å²) in [6.45, 7) is 18.2. The van der Waals surface area contributed by atoms with Gasteiger partial charge in [0.2, 0.25) is 35.4 Å². The lowest BCUT2D eigenvalue weighted by Gasteiger charge is -2.38. The molecule has 8 atom stereocenters. The number of likely N-dealkylation sites (tertiary alicyclic amines) is 4. The Morgan fingerprint density at radius 3 is 1.15 bits per heavy atom. The van der Waals surface area contributed by atoms with Gasteiger partial charge in [0, 0.05) is 75.6 Å². The van der Waals surface area contributed by atoms with Crippen LogP contribution in [0.2, 0.25) is 0 Å². The molecular formula is C64H92N10O8. The Hall–Kier alpha value is -6.66. The van der Waals surface area contributed by atoms with Gasteiger partial charge in [-0.1, -0.05) is 102 Å². The third-order valence-corrected chi connectivity index (χ3v) is 17.3. The van der Waals surface area contributed by atoms with Crippen LogP contribution in [0.1, 0.15) is 139 Å². The highest BCUT2D eigenvalue weighted by Gasteiger charge is 2.45. The quantitative estimate of drug-likeness (QED) is 0.102. The SMILES string of the molecule is CN[C@@H](C)C(=O)N[C@H](C(=O)N1CCC[C@H]1CN(CCc1ccccc1)C(=O)[C@H]1CCCN1C(=O)c1ccc(C(=O)N2CCC[C@@H]2C(=O)N(CCc2ccccc2)C[C@@H]2CCCN2C(=O)[C@@H](NC(=O)[C@H](C)NC)C(C)(C)C)cc1)C(C)(C)C. The zero-order valence-corrected chi connectivity index (χ0v) is 50.4. The maximum atomic E-state index is 15.0. The van der Waals surface area contributed by atoms with Crippen molar-refractivity contribution in [2.75, 3.05) is 66.5 Å². The molecule has 3 aromatic rings. The van der Waals surface area contributed by atoms with Crippen LogP contribution in [0.15, 0.2) is 84.9 Å². The monoisotopic (exact) mass is 1130 g/mol. The number of hydrogen-bond donors (Lipinski definition) is 4. The summed E-state index contributed by atoms with van der Waals surface area (Å²) in [4.78, 5) is 125. The minimum Gasteiger partial charge on any atom is -0.342 e. The molecule has 0 aromatic heterocycles. The van der Waals surface area contributed by atoms with E-state index < -0.39 is 47.1 Å². The van der Waals surface area contributed by atoms with Crippen LogP contribution < -0.4 is 21.3 Å². The lowest BCUT2D eigenvalue weighted by atomic mass is 9.85. The molecule has 0 spiro atoms. The van der Waals surface area contributed by atoms with Crippen molar-refractivity contribution in [3.63, 3.8) is 0 Å². The van der Waals surface area contributed by atoms with E-state index in [0.29, 0.717) is 102 Å². The van der Waals surface area contributed by atoms with Gasteiger partial charge in [0.15, 0.2) is 0 Å². The summed E-state index contributed by atoms with van der Waals surface area (Å²) in [5, 5.41) is 11.9. The topological polar surface area (TPSA) is 204 Å². The van der Waals surface area contributed by atoms with E-state index in [1.54, 1.807) is 62.0 Å². The molecule has 0 bridgehead atoms. The van der Waals surface area contributed by atoms with Gasteiger partial charge in [-0.2, -0.15) is 0 Å². The summed E-state index contributed by atoms with van der Waals surface area (Å²) in [5.41, 5.74) is 1.63. The zero-order valence-electron chi connectivity index (χ0n) is 50.4. The zero-order chi connectivity index (χ0) is 59.5. The van der Waals surface area contributed by atoms with Crippen LogP contribution in [0, 0.1) is 10.8 Å². The molecule has 18 nitrogen and oxygen atoms in total. The Kier molecular flexibility index (Phi) is 21.5. The third kappa shape index (κ3) is 15.5. The van der Waals surface area contributed by atoms with Crippen molar-refractivity contribution >= 4 is 47.3 Å². The highest BCUT2D eigenvalue weighted by Crippen LogP contribution is 2.31. The second kappa shape index (κ2) is 28.1. The van der Waals surface area contributed by atoms with Crippen molar-refractivity contribution in [1.29, 1.82) is 0 Å². The van der Waals surface area contributed by atoms with E-state index >= 15 is 0 Å². The molecule has 4 fully saturated rings. The molecule has 82 heavy (non-hydrogen) atoms. The third-order valence-electron chi connectivity index (χ3n) is 17.3. The molecule has 4 saturated heterocycles. The van der Waals surface area contributed by atoms with Gasteiger partial charge >= 0.3 is 0 Å². The predicted octanol–water partition coefficient (Wildman–Crippen LogP) is 5.30. The fraction of sp³-hybridized carbons (Fsp3) is 0.594. The van der Waals surface area contributed by atoms with E-state index in [1.807, 2.05) is 122 Å². The van der Waals surface area contributed by atoms with E-state index in [-0.39, 0.29) is 72.4 Å². The largest absolute Gasteiger partial charge is 0.342 e. The number of rotatable bonds is 22. The first kappa shape index (κ1) is 62.9. The summed E-state index contributed by atoms with van der Waals surface area (Å²) < 4.78 is 0. The molecule has 4 N–H and O–H groups in total. The molecular weight excluding hydrogens is 1040 g/mol. The van der Waals surface area contributed by atoms with Crippen LogP contribution in [0.25, 0.3) is 0 Å². The number of nitrogens with one attached hydrogen (secondary N) is 4. The van der Waals surface area contributed by atoms with Crippen molar-refractivity contribution in [3.05, 3.63) is 107 Å². The van der Waals surface area contributed by atoms with Gasteiger partial charge in [0.05, 0.1) is 12.1 Å². The second-order valence-electron chi connectivity index (χ2n) is 25.2. The molecule has 8 amide bonds. The van der Waals surface area contributed by atoms with Gasteiger partial charge in [-0.3, -0.25) is 38.4 Å². The minimum absolute atomic E-state index is 0.176. The molecule has 4 heterocycles. The van der Waals surface area contributed by atoms with Crippen molar-refractivity contribution < 1.29 is 38.4 Å². The maximum absolute atomic E-state index is 15.0. The lowest BCUT2D eigenvalue weighted by molar-refractivity contribution is -0.142. The highest BCUT2D eigenvalue weighted by molar-refractivity contribution is 6.01. The van der Waals surface area contributed by atoms with Crippen molar-refractivity contribution in [1.82, 2.24) is 50.7 Å². The predicted molar refractivity (Wildman–Crippen MR) is 317 cm³/mol. The first-order valence-corrected chi connectivity index (χ1v) is 30.0. The standard InChI is InChI=1S/C64H92N10O8/c1-43(65-9)55(75)67-53(63(3,4)5)61(81)71-35-17-25-49(71)41-69(39-33-45-21-13-11-14-22-45)59(79)51-27-19-37-73(51)57(77)47-29-31-48(32-30-47)58(78)74-38-20-28-52(74)60(80)70(40-34-46-23-15-12-16-24-46)42-50-26-18-36-72(50)62(82)54(64(6,7)8)68-56(76)44(2)66-10/h11-16,21-24,29-32,43-44,49-54,65-66H,17-20,25-28,33-42H2,1-10H3,(H,67,75)(H,68,76)/t43-,44-,49-,50-,51+,52+,53+,54+/m0/s1. The molecule has 3 aromatic carbocycles. The lowest BCUT2D eigenvalue weighted by Crippen LogP contribution is -2.59. The Bertz CT molecular complexity index is 2510. The first-order chi connectivity index (χ1) is 39.0. The van der Waals surface area contributed by atoms with Gasteiger partial charge in [-0.25, -0.2) is 0 Å². The van der Waals surface area contributed by atoms with E-state index in [2.05, 4.69) is 21.3 Å². The first-order valence-electron chi connectivity index (χ1n) is 30.0. The average Bonchev–Trinajstić information content (AvgIpc) is 4.37. The van der Waals surface area contributed by atoms with Gasteiger partial charge < -0.3 is 50.7 Å². The summed E-state index contributed by atoms with van der Waals surface area (Å²) >= 11 is 0. The summed E-state index contributed by atoms with van der Waals surface area (Å²) in [7, 11) is 3.40. The molecule has 4 aliphatic heterocycles. The Morgan fingerprint density at radius 2 is 0.817 bits per heavy atom. The van der Waals surface area contributed by atoms with Gasteiger partial charge in [-0.15, -0.1) is 0 Å². The average molecular weight is 1130 g/mol. The minimum atomic E-state index is -0.782. The number of benzene rings is 3. The Labute approximate surface area is 486 Å². The fourth-order valence-corrected chi connectivity index (χ4v) is 12.0. The van der Waals surface area contributed by atoms with Gasteiger partial charge in [0.25, 0.3) is 11.8 Å². The summed E-state index contributed by atoms with van der Waals surface area (Å²) in [6.07, 6.45) is 6.27. The Morgan fingerprint density at radius 1 is 0.488 bits per heavy atom. The molecule has 0 saturated carbocycles. The normalized spacial score (nSPS) is 20.7. The van der Waals surface area contributed by atoms with Gasteiger partial charge in [0.1, 0.15) is 24.2 Å². The number of nitrogens with zero attached hydrogens (tertiary/aromatic N) is 6.